The van der Waals surface area contributed by atoms with Crippen LogP contribution in [-0.2, 0) is 28.7 Å². The fourth-order valence-corrected chi connectivity index (χ4v) is 7.14. The Balaban J connectivity index is 1.12. The van der Waals surface area contributed by atoms with Gasteiger partial charge in [-0.05, 0) is 112 Å². The smallest absolute Gasteiger partial charge is 0.330 e. The molecule has 13 nitrogen and oxygen atoms in total. The second-order valence-electron chi connectivity index (χ2n) is 13.7. The van der Waals surface area contributed by atoms with Crippen LogP contribution >= 0.6 is 11.3 Å². The Labute approximate surface area is 342 Å². The maximum atomic E-state index is 13.5. The number of esters is 3. The van der Waals surface area contributed by atoms with E-state index >= 15 is 0 Å². The van der Waals surface area contributed by atoms with E-state index in [1.165, 1.54) is 11.3 Å². The fraction of sp³-hybridized carbons (Fsp3) is 0.409. The fourth-order valence-electron chi connectivity index (χ4n) is 6.19. The third-order valence-electron chi connectivity index (χ3n) is 9.46. The molecule has 1 saturated carbocycles. The molecule has 0 spiro atoms. The van der Waals surface area contributed by atoms with Crippen LogP contribution in [0.5, 0.6) is 23.0 Å². The molecule has 0 saturated heterocycles. The summed E-state index contributed by atoms with van der Waals surface area (Å²) in [5.74, 6) is -0.286. The maximum Gasteiger partial charge on any atom is 0.330 e. The number of ether oxygens (including phenoxy) is 6. The minimum Gasteiger partial charge on any atom is -0.494 e. The van der Waals surface area contributed by atoms with Gasteiger partial charge in [-0.1, -0.05) is 43.4 Å². The maximum absolute atomic E-state index is 13.5. The highest BCUT2D eigenvalue weighted by Crippen LogP contribution is 2.33. The molecule has 0 aliphatic heterocycles. The topological polar surface area (TPSA) is 152 Å². The van der Waals surface area contributed by atoms with Gasteiger partial charge in [0.15, 0.2) is 0 Å². The number of para-hydroxylation sites is 1. The van der Waals surface area contributed by atoms with Crippen LogP contribution in [0, 0.1) is 11.8 Å². The molecule has 0 amide bonds. The second kappa shape index (κ2) is 23.6. The van der Waals surface area contributed by atoms with Gasteiger partial charge in [0.05, 0.1) is 54.6 Å². The average Bonchev–Trinajstić information content (AvgIpc) is 3.68. The van der Waals surface area contributed by atoms with Crippen molar-refractivity contribution >= 4 is 57.3 Å². The van der Waals surface area contributed by atoms with Crippen LogP contribution in [0.2, 0.25) is 0 Å². The number of anilines is 1. The van der Waals surface area contributed by atoms with Crippen LogP contribution in [0.1, 0.15) is 76.7 Å². The number of hydrazone groups is 1. The van der Waals surface area contributed by atoms with Crippen LogP contribution in [0.4, 0.5) is 5.13 Å². The number of carbonyl (C=O) groups is 4. The van der Waals surface area contributed by atoms with Crippen LogP contribution < -0.4 is 24.0 Å². The first-order valence-electron chi connectivity index (χ1n) is 19.8. The van der Waals surface area contributed by atoms with Gasteiger partial charge in [-0.2, -0.15) is 5.10 Å². The number of unbranched alkanes of at least 4 members (excludes halogenated alkanes) is 4. The lowest BCUT2D eigenvalue weighted by Gasteiger charge is -2.26. The molecular formula is C44H51N3O10S. The third-order valence-corrected chi connectivity index (χ3v) is 10.5. The van der Waals surface area contributed by atoms with Gasteiger partial charge in [0, 0.05) is 18.2 Å². The minimum absolute atomic E-state index is 0.258. The number of hydrogen-bond acceptors (Lipinski definition) is 14. The molecule has 0 bridgehead atoms. The SMILES string of the molecule is C=CC(=O)OCCCCCCOc1ccc(OC(=O)C2CCC(C(=O)Oc3ccc(OC=O)cc3/C=N/N(CCOCCCC)c3nc4ccccc4s3)CC2)cc1. The van der Waals surface area contributed by atoms with E-state index in [1.807, 2.05) is 24.3 Å². The van der Waals surface area contributed by atoms with Gasteiger partial charge in [-0.3, -0.25) is 14.4 Å². The first-order valence-corrected chi connectivity index (χ1v) is 20.6. The Morgan fingerprint density at radius 1 is 0.828 bits per heavy atom. The molecule has 58 heavy (non-hydrogen) atoms. The number of fused-ring (bicyclic) bond motifs is 1. The van der Waals surface area contributed by atoms with E-state index in [-0.39, 0.29) is 23.4 Å². The molecule has 0 radical (unpaired) electrons. The Morgan fingerprint density at radius 2 is 1.52 bits per heavy atom. The molecule has 0 unspecified atom stereocenters. The summed E-state index contributed by atoms with van der Waals surface area (Å²) in [6, 6.07) is 19.5. The zero-order chi connectivity index (χ0) is 41.0. The van der Waals surface area contributed by atoms with Crippen molar-refractivity contribution in [2.24, 2.45) is 16.9 Å². The van der Waals surface area contributed by atoms with Crippen LogP contribution in [0.25, 0.3) is 10.2 Å². The molecule has 1 fully saturated rings. The average molecular weight is 814 g/mol. The normalized spacial score (nSPS) is 15.1. The Morgan fingerprint density at radius 3 is 2.22 bits per heavy atom. The van der Waals surface area contributed by atoms with Crippen LogP contribution in [-0.4, -0.2) is 68.6 Å². The van der Waals surface area contributed by atoms with Gasteiger partial charge in [-0.15, -0.1) is 0 Å². The van der Waals surface area contributed by atoms with E-state index < -0.39 is 17.9 Å². The zero-order valence-corrected chi connectivity index (χ0v) is 33.7. The molecule has 5 rings (SSSR count). The Bertz CT molecular complexity index is 1940. The summed E-state index contributed by atoms with van der Waals surface area (Å²) in [5.41, 5.74) is 1.29. The standard InChI is InChI=1S/C44H51N3O10S/c1-3-5-25-52-28-24-47(44-46-38-12-8-9-13-40(38)58-44)45-30-34-29-37(55-31-48)22-23-39(34)57-43(51)33-16-14-32(15-17-33)42(50)56-36-20-18-35(19-21-36)53-26-10-6-7-11-27-54-41(49)4-2/h4,8-9,12-13,18-23,29-33H,2-3,5-7,10-11,14-17,24-28H2,1H3/b45-30+. The number of nitrogens with zero attached hydrogens (tertiary/aromatic N) is 3. The molecule has 14 heteroatoms. The van der Waals surface area contributed by atoms with Gasteiger partial charge in [-0.25, -0.2) is 14.8 Å². The summed E-state index contributed by atoms with van der Waals surface area (Å²) in [7, 11) is 0. The number of rotatable bonds is 24. The third kappa shape index (κ3) is 13.8. The van der Waals surface area contributed by atoms with E-state index in [0.29, 0.717) is 87.3 Å². The van der Waals surface area contributed by atoms with Crippen LogP contribution in [0.15, 0.2) is 84.5 Å². The molecule has 4 aromatic rings. The molecule has 0 atom stereocenters. The zero-order valence-electron chi connectivity index (χ0n) is 32.9. The van der Waals surface area contributed by atoms with Crippen molar-refractivity contribution in [1.82, 2.24) is 4.98 Å². The highest BCUT2D eigenvalue weighted by Gasteiger charge is 2.32. The molecule has 0 N–H and O–H groups in total. The van der Waals surface area contributed by atoms with Gasteiger partial charge < -0.3 is 28.4 Å². The molecular weight excluding hydrogens is 763 g/mol. The predicted octanol–water partition coefficient (Wildman–Crippen LogP) is 8.47. The quantitative estimate of drug-likeness (QED) is 0.0127. The minimum atomic E-state index is -0.414. The van der Waals surface area contributed by atoms with Gasteiger partial charge in [0.25, 0.3) is 6.47 Å². The van der Waals surface area contributed by atoms with Crippen molar-refractivity contribution < 1.29 is 47.6 Å². The number of carbonyl (C=O) groups excluding carboxylic acids is 4. The van der Waals surface area contributed by atoms with Gasteiger partial charge in [0.1, 0.15) is 23.0 Å². The molecule has 1 aliphatic carbocycles. The van der Waals surface area contributed by atoms with E-state index in [1.54, 1.807) is 53.7 Å². The summed E-state index contributed by atoms with van der Waals surface area (Å²) in [5, 5.41) is 7.16. The lowest BCUT2D eigenvalue weighted by atomic mass is 9.82. The van der Waals surface area contributed by atoms with Crippen molar-refractivity contribution in [3.8, 4) is 23.0 Å². The van der Waals surface area contributed by atoms with E-state index in [0.717, 1.165) is 54.8 Å². The van der Waals surface area contributed by atoms with Crippen molar-refractivity contribution in [3.05, 3.63) is 84.9 Å². The van der Waals surface area contributed by atoms with Crippen molar-refractivity contribution in [2.45, 2.75) is 71.1 Å². The number of aromatic nitrogens is 1. The van der Waals surface area contributed by atoms with Gasteiger partial charge in [0.2, 0.25) is 5.13 Å². The summed E-state index contributed by atoms with van der Waals surface area (Å²) < 4.78 is 34.3. The summed E-state index contributed by atoms with van der Waals surface area (Å²) >= 11 is 1.50. The van der Waals surface area contributed by atoms with E-state index in [4.69, 9.17) is 38.5 Å². The lowest BCUT2D eigenvalue weighted by molar-refractivity contribution is -0.145. The molecule has 1 aromatic heterocycles. The van der Waals surface area contributed by atoms with E-state index in [9.17, 15) is 19.2 Å². The molecule has 3 aromatic carbocycles. The summed E-state index contributed by atoms with van der Waals surface area (Å²) in [6.45, 7) is 8.27. The molecule has 1 aliphatic rings. The first kappa shape index (κ1) is 43.5. The largest absolute Gasteiger partial charge is 0.494 e. The van der Waals surface area contributed by atoms with E-state index in [2.05, 4.69) is 13.5 Å². The lowest BCUT2D eigenvalue weighted by Crippen LogP contribution is -2.30. The summed E-state index contributed by atoms with van der Waals surface area (Å²) in [6.07, 6.45) is 10.1. The number of thiazole rings is 1. The Kier molecular flexibility index (Phi) is 17.7. The predicted molar refractivity (Wildman–Crippen MR) is 222 cm³/mol. The highest BCUT2D eigenvalue weighted by atomic mass is 32.1. The number of benzene rings is 3. The van der Waals surface area contributed by atoms with Crippen molar-refractivity contribution in [1.29, 1.82) is 0 Å². The second-order valence-corrected chi connectivity index (χ2v) is 14.7. The summed E-state index contributed by atoms with van der Waals surface area (Å²) in [4.78, 5) is 53.5. The number of hydrogen-bond donors (Lipinski definition) is 0. The van der Waals surface area contributed by atoms with Crippen LogP contribution in [0.3, 0.4) is 0 Å². The highest BCUT2D eigenvalue weighted by molar-refractivity contribution is 7.22. The first-order chi connectivity index (χ1) is 28.4. The van der Waals surface area contributed by atoms with Crippen molar-refractivity contribution in [3.63, 3.8) is 0 Å². The van der Waals surface area contributed by atoms with Gasteiger partial charge >= 0.3 is 17.9 Å². The van der Waals surface area contributed by atoms with Crippen molar-refractivity contribution in [2.75, 3.05) is 38.0 Å². The molecule has 1 heterocycles. The Hall–Kier alpha value is -5.60. The monoisotopic (exact) mass is 813 g/mol. The molecule has 308 valence electrons.